The zero-order chi connectivity index (χ0) is 38.8. The van der Waals surface area contributed by atoms with Crippen LogP contribution in [0, 0.1) is 0 Å². The molecule has 15 heteroatoms. The van der Waals surface area contributed by atoms with Crippen molar-refractivity contribution < 1.29 is 28.6 Å². The number of piperidine rings is 3. The number of ether oxygens (including phenoxy) is 3. The van der Waals surface area contributed by atoms with Crippen LogP contribution in [0.4, 0.5) is 11.5 Å². The van der Waals surface area contributed by atoms with Crippen molar-refractivity contribution in [1.29, 1.82) is 0 Å². The van der Waals surface area contributed by atoms with Crippen molar-refractivity contribution in [2.45, 2.75) is 94.7 Å². The van der Waals surface area contributed by atoms with E-state index in [1.54, 1.807) is 18.3 Å². The lowest BCUT2D eigenvalue weighted by atomic mass is 9.97. The molecule has 2 aromatic carbocycles. The number of carbonyl (C=O) groups excluding carboxylic acids is 3. The van der Waals surface area contributed by atoms with E-state index in [9.17, 15) is 14.4 Å². The average Bonchev–Trinajstić information content (AvgIpc) is 3.63. The predicted octanol–water partition coefficient (Wildman–Crippen LogP) is 4.06. The first-order chi connectivity index (χ1) is 27.7. The Morgan fingerprint density at radius 3 is 2.42 bits per heavy atom. The van der Waals surface area contributed by atoms with Gasteiger partial charge in [0.15, 0.2) is 0 Å². The number of hydrogen-bond donors (Lipinski definition) is 2. The van der Waals surface area contributed by atoms with Crippen LogP contribution in [0.1, 0.15) is 74.2 Å². The molecule has 7 heterocycles. The van der Waals surface area contributed by atoms with Crippen LogP contribution < -0.4 is 24.6 Å². The number of likely N-dealkylation sites (tertiary alicyclic amines) is 1. The number of carbonyl (C=O) groups is 3. The van der Waals surface area contributed by atoms with Gasteiger partial charge >= 0.3 is 0 Å². The predicted molar refractivity (Wildman–Crippen MR) is 211 cm³/mol. The summed E-state index contributed by atoms with van der Waals surface area (Å²) in [6.45, 7) is 7.91. The summed E-state index contributed by atoms with van der Waals surface area (Å²) in [7, 11) is 1.64. The lowest BCUT2D eigenvalue weighted by Gasteiger charge is -2.48. The van der Waals surface area contributed by atoms with E-state index in [4.69, 9.17) is 14.2 Å². The van der Waals surface area contributed by atoms with E-state index in [2.05, 4.69) is 59.2 Å². The highest BCUT2D eigenvalue weighted by Crippen LogP contribution is 2.42. The highest BCUT2D eigenvalue weighted by atomic mass is 16.5. The Labute approximate surface area is 331 Å². The molecule has 15 nitrogen and oxygen atoms in total. The van der Waals surface area contributed by atoms with Gasteiger partial charge in [0.05, 0.1) is 48.5 Å². The van der Waals surface area contributed by atoms with Crippen LogP contribution in [0.3, 0.4) is 0 Å². The minimum atomic E-state index is -0.650. The number of aromatic amines is 1. The average molecular weight is 776 g/mol. The third-order valence-electron chi connectivity index (χ3n) is 13.0. The number of imide groups is 1. The normalized spacial score (nSPS) is 23.2. The fraction of sp³-hybridized carbons (Fsp3) is 0.524. The number of H-pyrrole nitrogens is 1. The molecule has 1 aliphatic carbocycles. The van der Waals surface area contributed by atoms with Gasteiger partial charge < -0.3 is 28.9 Å². The number of benzene rings is 2. The summed E-state index contributed by atoms with van der Waals surface area (Å²) in [5, 5.41) is 11.1. The second-order valence-corrected chi connectivity index (χ2v) is 16.8. The molecule has 10 rings (SSSR count). The van der Waals surface area contributed by atoms with Crippen molar-refractivity contribution in [1.82, 2.24) is 35.3 Å². The Hall–Kier alpha value is -5.28. The van der Waals surface area contributed by atoms with Crippen LogP contribution in [0.25, 0.3) is 22.3 Å². The maximum atomic E-state index is 13.3. The zero-order valence-corrected chi connectivity index (χ0v) is 32.5. The van der Waals surface area contributed by atoms with Crippen LogP contribution in [0.2, 0.25) is 0 Å². The molecular weight excluding hydrogens is 727 g/mol. The van der Waals surface area contributed by atoms with Crippen LogP contribution in [-0.2, 0) is 20.9 Å². The maximum Gasteiger partial charge on any atom is 0.255 e. The molecule has 3 amide bonds. The van der Waals surface area contributed by atoms with Crippen molar-refractivity contribution in [2.24, 2.45) is 0 Å². The molecule has 1 unspecified atom stereocenters. The van der Waals surface area contributed by atoms with E-state index >= 15 is 0 Å². The summed E-state index contributed by atoms with van der Waals surface area (Å²) in [6.07, 6.45) is 8.87. The van der Waals surface area contributed by atoms with Crippen molar-refractivity contribution in [3.8, 4) is 22.9 Å². The van der Waals surface area contributed by atoms with Gasteiger partial charge in [-0.05, 0) is 82.2 Å². The van der Waals surface area contributed by atoms with Gasteiger partial charge in [-0.25, -0.2) is 9.97 Å². The first-order valence-electron chi connectivity index (χ1n) is 20.5. The monoisotopic (exact) mass is 775 g/mol. The van der Waals surface area contributed by atoms with E-state index in [-0.39, 0.29) is 36.0 Å². The van der Waals surface area contributed by atoms with Gasteiger partial charge in [0.2, 0.25) is 11.8 Å². The molecule has 0 radical (unpaired) electrons. The second kappa shape index (κ2) is 14.3. The van der Waals surface area contributed by atoms with E-state index in [1.165, 1.54) is 0 Å². The number of amides is 3. The number of rotatable bonds is 10. The standard InChI is InChI=1S/C42H49N9O6/c1-42(13-14-42)57-27-3-5-32-30(19-27)38(47-46-32)33-20-36(44-24-43-33)49-17-11-26(12-18-49)56-28-21-50(22-28)25-9-15-48(16-10-25)34-6-4-29-31(39(34)55-2)23-51(41(29)54)35-7-8-37(52)45-40(35)53/h3-6,19-20,24-26,28,35H,7-18,21-23H2,1-2H3,(H,46,47)(H,45,52,53). The number of methoxy groups -OCH3 is 1. The van der Waals surface area contributed by atoms with Gasteiger partial charge in [-0.2, -0.15) is 5.10 Å². The van der Waals surface area contributed by atoms with E-state index in [1.807, 2.05) is 24.3 Å². The minimum Gasteiger partial charge on any atom is -0.494 e. The summed E-state index contributed by atoms with van der Waals surface area (Å²) >= 11 is 0. The molecule has 0 bridgehead atoms. The number of nitrogens with zero attached hydrogens (tertiary/aromatic N) is 7. The third kappa shape index (κ3) is 6.83. The lowest BCUT2D eigenvalue weighted by molar-refractivity contribution is -0.136. The molecule has 5 fully saturated rings. The van der Waals surface area contributed by atoms with Gasteiger partial charge in [0.1, 0.15) is 35.3 Å². The highest BCUT2D eigenvalue weighted by Gasteiger charge is 2.42. The molecule has 2 N–H and O–H groups in total. The molecule has 1 atom stereocenters. The zero-order valence-electron chi connectivity index (χ0n) is 32.5. The van der Waals surface area contributed by atoms with Crippen molar-refractivity contribution in [3.05, 3.63) is 53.9 Å². The van der Waals surface area contributed by atoms with Gasteiger partial charge in [-0.3, -0.25) is 29.7 Å². The molecule has 4 aromatic rings. The number of aromatic nitrogens is 4. The molecule has 57 heavy (non-hydrogen) atoms. The van der Waals surface area contributed by atoms with E-state index < -0.39 is 11.9 Å². The quantitative estimate of drug-likeness (QED) is 0.223. The second-order valence-electron chi connectivity index (χ2n) is 16.8. The summed E-state index contributed by atoms with van der Waals surface area (Å²) in [4.78, 5) is 55.7. The van der Waals surface area contributed by atoms with Crippen LogP contribution in [0.15, 0.2) is 42.7 Å². The van der Waals surface area contributed by atoms with Gasteiger partial charge in [0, 0.05) is 74.3 Å². The largest absolute Gasteiger partial charge is 0.494 e. The fourth-order valence-corrected chi connectivity index (χ4v) is 9.36. The van der Waals surface area contributed by atoms with Gasteiger partial charge in [-0.15, -0.1) is 0 Å². The third-order valence-corrected chi connectivity index (χ3v) is 13.0. The lowest BCUT2D eigenvalue weighted by Crippen LogP contribution is -2.59. The van der Waals surface area contributed by atoms with E-state index in [0.717, 1.165) is 123 Å². The maximum absolute atomic E-state index is 13.3. The fourth-order valence-electron chi connectivity index (χ4n) is 9.36. The summed E-state index contributed by atoms with van der Waals surface area (Å²) in [6, 6.07) is 11.8. The van der Waals surface area contributed by atoms with Crippen LogP contribution >= 0.6 is 0 Å². The number of nitrogens with one attached hydrogen (secondary N) is 2. The summed E-state index contributed by atoms with van der Waals surface area (Å²) in [5.41, 5.74) is 4.89. The summed E-state index contributed by atoms with van der Waals surface area (Å²) in [5.74, 6) is 1.59. The Morgan fingerprint density at radius 1 is 0.877 bits per heavy atom. The number of hydrogen-bond acceptors (Lipinski definition) is 12. The van der Waals surface area contributed by atoms with Crippen molar-refractivity contribution >= 4 is 40.1 Å². The van der Waals surface area contributed by atoms with Gasteiger partial charge in [-0.1, -0.05) is 0 Å². The van der Waals surface area contributed by atoms with E-state index in [0.29, 0.717) is 30.3 Å². The Bertz CT molecular complexity index is 2220. The smallest absolute Gasteiger partial charge is 0.255 e. The Kier molecular flexibility index (Phi) is 9.04. The first-order valence-corrected chi connectivity index (χ1v) is 20.5. The molecule has 5 aliphatic heterocycles. The number of fused-ring (bicyclic) bond motifs is 2. The molecular formula is C42H49N9O6. The number of anilines is 2. The SMILES string of the molecule is COc1c(N2CCC(N3CC(OC4CCN(c5cc(-c6[nH]nc7ccc(OC8(C)CC8)cc67)ncn5)CC4)C3)CC2)ccc2c1CN(C1CCC(=O)NC1=O)C2=O. The van der Waals surface area contributed by atoms with Crippen LogP contribution in [-0.4, -0.2) is 124 Å². The Balaban J connectivity index is 0.697. The Morgan fingerprint density at radius 2 is 1.67 bits per heavy atom. The van der Waals surface area contributed by atoms with Crippen LogP contribution in [0.5, 0.6) is 11.5 Å². The van der Waals surface area contributed by atoms with Crippen molar-refractivity contribution in [3.63, 3.8) is 0 Å². The highest BCUT2D eigenvalue weighted by molar-refractivity contribution is 6.06. The molecule has 4 saturated heterocycles. The van der Waals surface area contributed by atoms with Gasteiger partial charge in [0.25, 0.3) is 5.91 Å². The molecule has 1 saturated carbocycles. The summed E-state index contributed by atoms with van der Waals surface area (Å²) < 4.78 is 18.8. The topological polar surface area (TPSA) is 158 Å². The minimum absolute atomic E-state index is 0.0491. The molecule has 0 spiro atoms. The molecule has 2 aromatic heterocycles. The molecule has 6 aliphatic rings. The first kappa shape index (κ1) is 36.1. The van der Waals surface area contributed by atoms with Crippen molar-refractivity contribution in [2.75, 3.05) is 56.2 Å². The molecule has 298 valence electrons.